The third kappa shape index (κ3) is 4.72. The third-order valence-electron chi connectivity index (χ3n) is 6.46. The van der Waals surface area contributed by atoms with Crippen LogP contribution in [-0.2, 0) is 6.42 Å². The molecule has 1 amide bonds. The van der Waals surface area contributed by atoms with Gasteiger partial charge in [0.2, 0.25) is 0 Å². The highest BCUT2D eigenvalue weighted by Crippen LogP contribution is 2.30. The Bertz CT molecular complexity index is 1480. The molecule has 190 valence electrons. The number of hydrogen-bond donors (Lipinski definition) is 0. The summed E-state index contributed by atoms with van der Waals surface area (Å²) < 4.78 is 1.86. The van der Waals surface area contributed by atoms with Crippen molar-refractivity contribution in [1.29, 1.82) is 0 Å². The number of anilines is 1. The van der Waals surface area contributed by atoms with E-state index in [4.69, 9.17) is 26.7 Å². The molecule has 3 heterocycles. The normalized spacial score (nSPS) is 13.8. The predicted molar refractivity (Wildman–Crippen MR) is 142 cm³/mol. The minimum atomic E-state index is -0.580. The Labute approximate surface area is 218 Å². The van der Waals surface area contributed by atoms with Crippen molar-refractivity contribution in [2.75, 3.05) is 31.1 Å². The molecule has 0 N–H and O–H groups in total. The molecule has 1 fully saturated rings. The summed E-state index contributed by atoms with van der Waals surface area (Å²) in [5, 5.41) is 16.9. The number of rotatable bonds is 6. The molecule has 0 saturated carbocycles. The molecule has 1 saturated heterocycles. The molecule has 2 aromatic heterocycles. The molecule has 0 atom stereocenters. The van der Waals surface area contributed by atoms with Gasteiger partial charge >= 0.3 is 0 Å². The van der Waals surface area contributed by atoms with Crippen molar-refractivity contribution >= 4 is 40.0 Å². The van der Waals surface area contributed by atoms with Crippen LogP contribution in [0.2, 0.25) is 5.02 Å². The minimum Gasteiger partial charge on any atom is -0.352 e. The zero-order valence-corrected chi connectivity index (χ0v) is 21.4. The van der Waals surface area contributed by atoms with Gasteiger partial charge in [0.05, 0.1) is 21.7 Å². The lowest BCUT2D eigenvalue weighted by Crippen LogP contribution is -2.49. The number of hydrogen-bond acceptors (Lipinski definition) is 7. The van der Waals surface area contributed by atoms with Crippen LogP contribution >= 0.6 is 11.6 Å². The van der Waals surface area contributed by atoms with E-state index in [-0.39, 0.29) is 22.2 Å². The Kier molecular flexibility index (Phi) is 6.75. The summed E-state index contributed by atoms with van der Waals surface area (Å²) in [5.74, 6) is 1.32. The summed E-state index contributed by atoms with van der Waals surface area (Å²) in [6.07, 6.45) is 1.66. The number of fused-ring (bicyclic) bond motifs is 1. The van der Waals surface area contributed by atoms with E-state index in [0.29, 0.717) is 26.2 Å². The van der Waals surface area contributed by atoms with Gasteiger partial charge in [0.15, 0.2) is 5.65 Å². The number of aromatic nitrogens is 4. The molecule has 37 heavy (non-hydrogen) atoms. The zero-order chi connectivity index (χ0) is 26.1. The van der Waals surface area contributed by atoms with Crippen molar-refractivity contribution in [2.45, 2.75) is 26.7 Å². The van der Waals surface area contributed by atoms with Crippen LogP contribution < -0.4 is 4.90 Å². The fraction of sp³-hybridized carbons (Fsp3) is 0.308. The molecular formula is C26H26ClN7O3. The molecule has 2 aromatic carbocycles. The number of aryl methyl sites for hydroxylation is 2. The summed E-state index contributed by atoms with van der Waals surface area (Å²) in [4.78, 5) is 37.4. The van der Waals surface area contributed by atoms with E-state index < -0.39 is 4.92 Å². The lowest BCUT2D eigenvalue weighted by molar-refractivity contribution is -0.384. The first-order valence-corrected chi connectivity index (χ1v) is 12.5. The molecule has 10 nitrogen and oxygen atoms in total. The summed E-state index contributed by atoms with van der Waals surface area (Å²) in [6.45, 7) is 6.09. The smallest absolute Gasteiger partial charge is 0.288 e. The van der Waals surface area contributed by atoms with Crippen molar-refractivity contribution in [3.8, 4) is 5.69 Å². The Hall–Kier alpha value is -4.05. The molecule has 4 aromatic rings. The van der Waals surface area contributed by atoms with Crippen molar-refractivity contribution in [3.63, 3.8) is 0 Å². The van der Waals surface area contributed by atoms with E-state index in [1.165, 1.54) is 18.2 Å². The first-order chi connectivity index (χ1) is 17.9. The number of nitro benzene ring substituents is 1. The maximum absolute atomic E-state index is 13.1. The molecule has 0 radical (unpaired) electrons. The number of nitrogens with zero attached hydrogens (tertiary/aromatic N) is 7. The summed E-state index contributed by atoms with van der Waals surface area (Å²) in [6, 6.07) is 14.1. The van der Waals surface area contributed by atoms with E-state index >= 15 is 0 Å². The highest BCUT2D eigenvalue weighted by molar-refractivity contribution is 6.32. The van der Waals surface area contributed by atoms with Crippen LogP contribution in [0.25, 0.3) is 16.7 Å². The van der Waals surface area contributed by atoms with Gasteiger partial charge in [-0.1, -0.05) is 36.7 Å². The van der Waals surface area contributed by atoms with Crippen LogP contribution in [0.3, 0.4) is 0 Å². The van der Waals surface area contributed by atoms with Crippen LogP contribution in [-0.4, -0.2) is 61.7 Å². The summed E-state index contributed by atoms with van der Waals surface area (Å²) >= 11 is 5.91. The van der Waals surface area contributed by atoms with E-state index in [1.54, 1.807) is 4.90 Å². The van der Waals surface area contributed by atoms with Gasteiger partial charge in [-0.3, -0.25) is 14.9 Å². The third-order valence-corrected chi connectivity index (χ3v) is 6.78. The van der Waals surface area contributed by atoms with Gasteiger partial charge in [-0.25, -0.2) is 14.6 Å². The minimum absolute atomic E-state index is 0.00782. The van der Waals surface area contributed by atoms with Crippen LogP contribution in [0.5, 0.6) is 0 Å². The van der Waals surface area contributed by atoms with E-state index in [1.807, 2.05) is 41.9 Å². The molecule has 11 heteroatoms. The fourth-order valence-corrected chi connectivity index (χ4v) is 4.80. The van der Waals surface area contributed by atoms with Gasteiger partial charge in [0, 0.05) is 44.2 Å². The highest BCUT2D eigenvalue weighted by Gasteiger charge is 2.28. The number of amides is 1. The number of carbonyl (C=O) groups excluding carboxylic acids is 1. The Morgan fingerprint density at radius 2 is 1.81 bits per heavy atom. The summed E-state index contributed by atoms with van der Waals surface area (Å²) in [5.41, 5.74) is 2.51. The first-order valence-electron chi connectivity index (χ1n) is 12.2. The number of nitro groups is 1. The maximum atomic E-state index is 13.1. The summed E-state index contributed by atoms with van der Waals surface area (Å²) in [7, 11) is 0. The average molecular weight is 520 g/mol. The Morgan fingerprint density at radius 3 is 2.49 bits per heavy atom. The van der Waals surface area contributed by atoms with Gasteiger partial charge < -0.3 is 9.80 Å². The molecule has 1 aliphatic heterocycles. The molecule has 1 aliphatic rings. The van der Waals surface area contributed by atoms with Crippen LogP contribution in [0.1, 0.15) is 35.2 Å². The predicted octanol–water partition coefficient (Wildman–Crippen LogP) is 4.60. The van der Waals surface area contributed by atoms with Crippen molar-refractivity contribution in [1.82, 2.24) is 24.6 Å². The average Bonchev–Trinajstić information content (AvgIpc) is 3.25. The lowest BCUT2D eigenvalue weighted by atomic mass is 10.1. The zero-order valence-electron chi connectivity index (χ0n) is 20.6. The topological polar surface area (TPSA) is 110 Å². The second-order valence-electron chi connectivity index (χ2n) is 8.95. The van der Waals surface area contributed by atoms with Crippen molar-refractivity contribution < 1.29 is 9.72 Å². The van der Waals surface area contributed by atoms with Crippen LogP contribution in [0, 0.1) is 17.0 Å². The standard InChI is InChI=1S/C26H26ClN7O3/c1-3-7-22-28-24(23-17(2)30-33(25(23)29-22)19-8-5-4-6-9-19)31-12-14-32(15-13-31)26(35)18-10-11-20(27)21(16-18)34(36)37/h4-6,8-11,16H,3,7,12-15H2,1-2H3. The number of para-hydroxylation sites is 1. The molecular weight excluding hydrogens is 494 g/mol. The molecule has 0 spiro atoms. The van der Waals surface area contributed by atoms with Gasteiger partial charge in [-0.05, 0) is 37.6 Å². The van der Waals surface area contributed by atoms with E-state index in [9.17, 15) is 14.9 Å². The van der Waals surface area contributed by atoms with Gasteiger partial charge in [-0.2, -0.15) is 5.10 Å². The van der Waals surface area contributed by atoms with Crippen molar-refractivity contribution in [2.24, 2.45) is 0 Å². The SMILES string of the molecule is CCCc1nc(N2CCN(C(=O)c3ccc(Cl)c([N+](=O)[O-])c3)CC2)c2c(C)nn(-c3ccccc3)c2n1. The van der Waals surface area contributed by atoms with Crippen molar-refractivity contribution in [3.05, 3.63) is 80.7 Å². The van der Waals surface area contributed by atoms with E-state index in [2.05, 4.69) is 11.8 Å². The van der Waals surface area contributed by atoms with E-state index in [0.717, 1.165) is 46.9 Å². The highest BCUT2D eigenvalue weighted by atomic mass is 35.5. The largest absolute Gasteiger partial charge is 0.352 e. The van der Waals surface area contributed by atoms with Crippen LogP contribution in [0.4, 0.5) is 11.5 Å². The quantitative estimate of drug-likeness (QED) is 0.270. The Morgan fingerprint density at radius 1 is 1.08 bits per heavy atom. The lowest BCUT2D eigenvalue weighted by Gasteiger charge is -2.35. The van der Waals surface area contributed by atoms with Crippen LogP contribution in [0.15, 0.2) is 48.5 Å². The van der Waals surface area contributed by atoms with Gasteiger partial charge in [0.1, 0.15) is 16.7 Å². The first kappa shape index (κ1) is 24.6. The monoisotopic (exact) mass is 519 g/mol. The number of carbonyl (C=O) groups is 1. The second-order valence-corrected chi connectivity index (χ2v) is 9.35. The number of benzene rings is 2. The van der Waals surface area contributed by atoms with Gasteiger partial charge in [0.25, 0.3) is 11.6 Å². The molecule has 0 bridgehead atoms. The maximum Gasteiger partial charge on any atom is 0.288 e. The molecule has 5 rings (SSSR count). The second kappa shape index (κ2) is 10.1. The molecule has 0 aliphatic carbocycles. The number of halogens is 1. The van der Waals surface area contributed by atoms with Gasteiger partial charge in [-0.15, -0.1) is 0 Å². The number of piperazine rings is 1. The molecule has 0 unspecified atom stereocenters. The fourth-order valence-electron chi connectivity index (χ4n) is 4.61. The Balaban J connectivity index is 1.44.